The molecule has 2 N–H and O–H groups in total. The molecule has 1 aliphatic rings. The minimum atomic E-state index is -0.759. The van der Waals surface area contributed by atoms with Crippen molar-refractivity contribution < 1.29 is 19.1 Å². The highest BCUT2D eigenvalue weighted by Crippen LogP contribution is 2.39. The highest BCUT2D eigenvalue weighted by Gasteiger charge is 2.36. The molecule has 1 atom stereocenters. The van der Waals surface area contributed by atoms with Gasteiger partial charge in [-0.25, -0.2) is 9.48 Å². The summed E-state index contributed by atoms with van der Waals surface area (Å²) in [6.07, 6.45) is 0.586. The second kappa shape index (κ2) is 9.46. The number of amides is 2. The first-order chi connectivity index (χ1) is 15.9. The molecule has 1 unspecified atom stereocenters. The van der Waals surface area contributed by atoms with Crippen molar-refractivity contribution in [3.8, 4) is 11.1 Å². The lowest BCUT2D eigenvalue weighted by Gasteiger charge is -2.10. The minimum absolute atomic E-state index is 0.0800. The maximum Gasteiger partial charge on any atom is 0.338 e. The third kappa shape index (κ3) is 4.61. The van der Waals surface area contributed by atoms with Crippen LogP contribution < -0.4 is 10.6 Å². The van der Waals surface area contributed by atoms with Crippen LogP contribution in [-0.2, 0) is 20.7 Å². The number of aromatic nitrogens is 2. The van der Waals surface area contributed by atoms with E-state index in [4.69, 9.17) is 16.3 Å². The normalized spacial score (nSPS) is 14.5. The van der Waals surface area contributed by atoms with E-state index < -0.39 is 12.0 Å². The van der Waals surface area contributed by atoms with E-state index in [2.05, 4.69) is 15.7 Å². The van der Waals surface area contributed by atoms with E-state index in [1.807, 2.05) is 19.1 Å². The molecule has 0 saturated heterocycles. The number of ether oxygens (including phenoxy) is 1. The van der Waals surface area contributed by atoms with Gasteiger partial charge >= 0.3 is 5.97 Å². The summed E-state index contributed by atoms with van der Waals surface area (Å²) in [6.45, 7) is 4.01. The number of aryl methyl sites for hydroxylation is 1. The van der Waals surface area contributed by atoms with Crippen LogP contribution >= 0.6 is 11.6 Å². The van der Waals surface area contributed by atoms with Crippen molar-refractivity contribution in [1.82, 2.24) is 9.78 Å². The smallest absolute Gasteiger partial charge is 0.338 e. The summed E-state index contributed by atoms with van der Waals surface area (Å²) in [7, 11) is 0. The van der Waals surface area contributed by atoms with Gasteiger partial charge in [0.2, 0.25) is 5.91 Å². The Kier molecular flexibility index (Phi) is 6.46. The van der Waals surface area contributed by atoms with E-state index in [0.29, 0.717) is 28.5 Å². The molecule has 33 heavy (non-hydrogen) atoms. The number of benzene rings is 2. The maximum absolute atomic E-state index is 12.7. The molecule has 0 bridgehead atoms. The first-order valence-corrected chi connectivity index (χ1v) is 11.0. The molecule has 2 aromatic carbocycles. The van der Waals surface area contributed by atoms with Gasteiger partial charge in [0.1, 0.15) is 11.9 Å². The fourth-order valence-electron chi connectivity index (χ4n) is 3.78. The summed E-state index contributed by atoms with van der Waals surface area (Å²) in [5, 5.41) is 10.9. The Balaban J connectivity index is 1.51. The van der Waals surface area contributed by atoms with Crippen molar-refractivity contribution in [3.63, 3.8) is 0 Å². The van der Waals surface area contributed by atoms with Gasteiger partial charge in [-0.3, -0.25) is 9.59 Å². The second-order valence-electron chi connectivity index (χ2n) is 7.53. The van der Waals surface area contributed by atoms with Crippen molar-refractivity contribution >= 4 is 40.9 Å². The lowest BCUT2D eigenvalue weighted by atomic mass is 10.0. The number of rotatable bonds is 7. The Morgan fingerprint density at radius 3 is 2.45 bits per heavy atom. The largest absolute Gasteiger partial charge is 0.462 e. The molecular formula is C24H23ClN4O4. The zero-order chi connectivity index (χ0) is 23.5. The predicted octanol–water partition coefficient (Wildman–Crippen LogP) is 4.46. The lowest BCUT2D eigenvalue weighted by Crippen LogP contribution is -2.24. The average Bonchev–Trinajstić information content (AvgIpc) is 3.30. The Bertz CT molecular complexity index is 1200. The summed E-state index contributed by atoms with van der Waals surface area (Å²) < 4.78 is 6.55. The molecule has 8 nitrogen and oxygen atoms in total. The quantitative estimate of drug-likeness (QED) is 0.500. The number of esters is 1. The zero-order valence-electron chi connectivity index (χ0n) is 18.2. The molecule has 4 rings (SSSR count). The van der Waals surface area contributed by atoms with Crippen LogP contribution in [0.3, 0.4) is 0 Å². The lowest BCUT2D eigenvalue weighted by molar-refractivity contribution is -0.123. The monoisotopic (exact) mass is 466 g/mol. The molecule has 2 heterocycles. The van der Waals surface area contributed by atoms with Gasteiger partial charge in [-0.05, 0) is 55.3 Å². The van der Waals surface area contributed by atoms with Crippen LogP contribution in [0.5, 0.6) is 0 Å². The Morgan fingerprint density at radius 2 is 1.82 bits per heavy atom. The Morgan fingerprint density at radius 1 is 1.12 bits per heavy atom. The topological polar surface area (TPSA) is 102 Å². The van der Waals surface area contributed by atoms with Crippen LogP contribution in [-0.4, -0.2) is 34.2 Å². The summed E-state index contributed by atoms with van der Waals surface area (Å²) in [5.41, 5.74) is 3.47. The van der Waals surface area contributed by atoms with E-state index in [1.165, 1.54) is 0 Å². The number of hydrogen-bond acceptors (Lipinski definition) is 5. The van der Waals surface area contributed by atoms with Gasteiger partial charge in [0.15, 0.2) is 0 Å². The van der Waals surface area contributed by atoms with Crippen molar-refractivity contribution in [3.05, 3.63) is 64.8 Å². The molecule has 0 fully saturated rings. The van der Waals surface area contributed by atoms with Crippen molar-refractivity contribution in [1.29, 1.82) is 0 Å². The van der Waals surface area contributed by atoms with Crippen molar-refractivity contribution in [2.24, 2.45) is 0 Å². The number of hydrogen-bond donors (Lipinski definition) is 2. The first-order valence-electron chi connectivity index (χ1n) is 10.7. The molecule has 170 valence electrons. The number of fused-ring (bicyclic) bond motifs is 1. The summed E-state index contributed by atoms with van der Waals surface area (Å²) in [4.78, 5) is 37.1. The molecule has 0 spiro atoms. The number of anilines is 2. The van der Waals surface area contributed by atoms with E-state index in [-0.39, 0.29) is 24.8 Å². The second-order valence-corrected chi connectivity index (χ2v) is 7.97. The van der Waals surface area contributed by atoms with Crippen LogP contribution in [0.4, 0.5) is 11.5 Å². The van der Waals surface area contributed by atoms with Gasteiger partial charge in [0.05, 0.1) is 24.3 Å². The van der Waals surface area contributed by atoms with E-state index in [1.54, 1.807) is 48.0 Å². The molecular weight excluding hydrogens is 444 g/mol. The van der Waals surface area contributed by atoms with Crippen LogP contribution in [0.25, 0.3) is 11.1 Å². The molecule has 0 aliphatic carbocycles. The zero-order valence-corrected chi connectivity index (χ0v) is 19.0. The molecule has 3 aromatic rings. The van der Waals surface area contributed by atoms with Gasteiger partial charge < -0.3 is 15.4 Å². The summed E-state index contributed by atoms with van der Waals surface area (Å²) in [6, 6.07) is 13.0. The maximum atomic E-state index is 12.7. The Hall–Kier alpha value is -3.65. The number of nitrogens with one attached hydrogen (secondary N) is 2. The fraction of sp³-hybridized carbons (Fsp3) is 0.250. The third-order valence-corrected chi connectivity index (χ3v) is 5.60. The standard InChI is InChI=1S/C24H23ClN4O4/c1-3-18-21(14-5-9-16(25)10-6-14)22-27-23(31)19(29(22)28-18)13-20(30)26-17-11-7-15(8-12-17)24(32)33-4-2/h5-12,19H,3-4,13H2,1-2H3,(H,26,30)(H,27,31). The molecule has 0 saturated carbocycles. The van der Waals surface area contributed by atoms with Crippen molar-refractivity contribution in [2.75, 3.05) is 17.2 Å². The Labute approximate surface area is 195 Å². The highest BCUT2D eigenvalue weighted by molar-refractivity contribution is 6.30. The summed E-state index contributed by atoms with van der Waals surface area (Å²) in [5.74, 6) is -0.472. The van der Waals surface area contributed by atoms with Crippen LogP contribution in [0.2, 0.25) is 5.02 Å². The van der Waals surface area contributed by atoms with Gasteiger partial charge in [-0.15, -0.1) is 0 Å². The highest BCUT2D eigenvalue weighted by atomic mass is 35.5. The van der Waals surface area contributed by atoms with E-state index in [9.17, 15) is 14.4 Å². The predicted molar refractivity (Wildman–Crippen MR) is 125 cm³/mol. The van der Waals surface area contributed by atoms with Gasteiger partial charge in [0.25, 0.3) is 5.91 Å². The number of carbonyl (C=O) groups is 3. The third-order valence-electron chi connectivity index (χ3n) is 5.35. The van der Waals surface area contributed by atoms with E-state index in [0.717, 1.165) is 16.8 Å². The molecule has 0 radical (unpaired) electrons. The fourth-order valence-corrected chi connectivity index (χ4v) is 3.90. The molecule has 1 aromatic heterocycles. The van der Waals surface area contributed by atoms with Crippen LogP contribution in [0, 0.1) is 0 Å². The molecule has 1 aliphatic heterocycles. The van der Waals surface area contributed by atoms with Gasteiger partial charge in [0, 0.05) is 16.3 Å². The molecule has 2 amide bonds. The summed E-state index contributed by atoms with van der Waals surface area (Å²) >= 11 is 6.01. The number of nitrogens with zero attached hydrogens (tertiary/aromatic N) is 2. The van der Waals surface area contributed by atoms with Gasteiger partial charge in [-0.1, -0.05) is 30.7 Å². The first kappa shape index (κ1) is 22.5. The van der Waals surface area contributed by atoms with E-state index >= 15 is 0 Å². The average molecular weight is 467 g/mol. The number of carbonyl (C=O) groups excluding carboxylic acids is 3. The minimum Gasteiger partial charge on any atom is -0.462 e. The van der Waals surface area contributed by atoms with Gasteiger partial charge in [-0.2, -0.15) is 5.10 Å². The number of halogens is 1. The van der Waals surface area contributed by atoms with Crippen LogP contribution in [0.15, 0.2) is 48.5 Å². The van der Waals surface area contributed by atoms with Crippen molar-refractivity contribution in [2.45, 2.75) is 32.7 Å². The van der Waals surface area contributed by atoms with Crippen LogP contribution in [0.1, 0.15) is 42.4 Å². The SMILES string of the molecule is CCOC(=O)c1ccc(NC(=O)CC2C(=O)Nc3c(-c4ccc(Cl)cc4)c(CC)nn32)cc1. The molecule has 9 heteroatoms.